The summed E-state index contributed by atoms with van der Waals surface area (Å²) in [5, 5.41) is 2.46. The summed E-state index contributed by atoms with van der Waals surface area (Å²) in [6, 6.07) is 19.3. The Bertz CT molecular complexity index is 787. The fourth-order valence-corrected chi connectivity index (χ4v) is 2.89. The molecule has 0 aliphatic rings. The molecule has 0 fully saturated rings. The van der Waals surface area contributed by atoms with E-state index in [1.807, 2.05) is 6.07 Å². The van der Waals surface area contributed by atoms with Crippen LogP contribution < -0.4 is 4.74 Å². The topological polar surface area (TPSA) is 9.23 Å². The van der Waals surface area contributed by atoms with Gasteiger partial charge in [-0.3, -0.25) is 0 Å². The van der Waals surface area contributed by atoms with E-state index < -0.39 is 0 Å². The molecule has 3 aromatic rings. The van der Waals surface area contributed by atoms with E-state index in [-0.39, 0.29) is 0 Å². The van der Waals surface area contributed by atoms with Gasteiger partial charge in [0.1, 0.15) is 5.75 Å². The Hall–Kier alpha value is -2.28. The number of hydrogen-bond acceptors (Lipinski definition) is 1. The van der Waals surface area contributed by atoms with Crippen molar-refractivity contribution < 1.29 is 4.74 Å². The van der Waals surface area contributed by atoms with Gasteiger partial charge in [-0.25, -0.2) is 0 Å². The van der Waals surface area contributed by atoms with Gasteiger partial charge in [-0.15, -0.1) is 0 Å². The molecule has 3 aromatic carbocycles. The monoisotopic (exact) mass is 276 g/mol. The first kappa shape index (κ1) is 13.7. The molecule has 0 N–H and O–H groups in total. The molecular weight excluding hydrogens is 256 g/mol. The molecular formula is C20H20O. The average Bonchev–Trinajstić information content (AvgIpc) is 2.51. The van der Waals surface area contributed by atoms with Crippen LogP contribution in [-0.2, 0) is 6.42 Å². The van der Waals surface area contributed by atoms with Crippen LogP contribution in [0.4, 0.5) is 0 Å². The van der Waals surface area contributed by atoms with Gasteiger partial charge in [0.2, 0.25) is 0 Å². The van der Waals surface area contributed by atoms with Crippen LogP contribution in [0, 0.1) is 13.8 Å². The van der Waals surface area contributed by atoms with Crippen LogP contribution in [0.5, 0.6) is 5.75 Å². The van der Waals surface area contributed by atoms with Gasteiger partial charge in [-0.2, -0.15) is 0 Å². The van der Waals surface area contributed by atoms with Gasteiger partial charge in [-0.05, 0) is 54.0 Å². The van der Waals surface area contributed by atoms with Crippen LogP contribution in [0.3, 0.4) is 0 Å². The highest BCUT2D eigenvalue weighted by Crippen LogP contribution is 2.29. The van der Waals surface area contributed by atoms with E-state index in [1.54, 1.807) is 7.11 Å². The molecule has 0 heterocycles. The lowest BCUT2D eigenvalue weighted by atomic mass is 9.94. The quantitative estimate of drug-likeness (QED) is 0.650. The van der Waals surface area contributed by atoms with Crippen LogP contribution in [0.1, 0.15) is 22.3 Å². The minimum absolute atomic E-state index is 0.940. The van der Waals surface area contributed by atoms with Gasteiger partial charge in [0, 0.05) is 5.39 Å². The number of aryl methyl sites for hydroxylation is 1. The van der Waals surface area contributed by atoms with E-state index >= 15 is 0 Å². The molecule has 106 valence electrons. The zero-order chi connectivity index (χ0) is 14.8. The molecule has 0 aliphatic heterocycles. The Morgan fingerprint density at radius 1 is 0.762 bits per heavy atom. The Morgan fingerprint density at radius 3 is 2.24 bits per heavy atom. The second-order valence-corrected chi connectivity index (χ2v) is 5.51. The van der Waals surface area contributed by atoms with Crippen molar-refractivity contribution in [3.8, 4) is 5.75 Å². The predicted molar refractivity (Wildman–Crippen MR) is 89.2 cm³/mol. The molecule has 21 heavy (non-hydrogen) atoms. The Labute approximate surface area is 126 Å². The lowest BCUT2D eigenvalue weighted by molar-refractivity contribution is 0.420. The highest BCUT2D eigenvalue weighted by Gasteiger charge is 2.07. The zero-order valence-electron chi connectivity index (χ0n) is 12.8. The molecule has 3 rings (SSSR count). The van der Waals surface area contributed by atoms with Crippen LogP contribution in [-0.4, -0.2) is 7.11 Å². The second-order valence-electron chi connectivity index (χ2n) is 5.51. The fraction of sp³-hybridized carbons (Fsp3) is 0.200. The van der Waals surface area contributed by atoms with Gasteiger partial charge < -0.3 is 4.74 Å². The van der Waals surface area contributed by atoms with Crippen molar-refractivity contribution in [1.82, 2.24) is 0 Å². The molecule has 0 atom stereocenters. The van der Waals surface area contributed by atoms with Gasteiger partial charge in [0.25, 0.3) is 0 Å². The van der Waals surface area contributed by atoms with Crippen molar-refractivity contribution in [2.75, 3.05) is 7.11 Å². The van der Waals surface area contributed by atoms with Crippen molar-refractivity contribution in [3.05, 3.63) is 76.9 Å². The zero-order valence-corrected chi connectivity index (χ0v) is 12.8. The maximum Gasteiger partial charge on any atom is 0.126 e. The SMILES string of the molecule is COc1cccc2c(Cc3cccc(C)c3C)cccc12. The van der Waals surface area contributed by atoms with E-state index in [2.05, 4.69) is 62.4 Å². The normalized spacial score (nSPS) is 10.8. The summed E-state index contributed by atoms with van der Waals surface area (Å²) in [6.07, 6.45) is 0.956. The molecule has 0 unspecified atom stereocenters. The van der Waals surface area contributed by atoms with Crippen molar-refractivity contribution in [3.63, 3.8) is 0 Å². The summed E-state index contributed by atoms with van der Waals surface area (Å²) < 4.78 is 5.48. The summed E-state index contributed by atoms with van der Waals surface area (Å²) in [5.41, 5.74) is 5.48. The average molecular weight is 276 g/mol. The smallest absolute Gasteiger partial charge is 0.126 e. The Kier molecular flexibility index (Phi) is 3.66. The molecule has 0 aromatic heterocycles. The molecule has 0 saturated heterocycles. The minimum Gasteiger partial charge on any atom is -0.496 e. The van der Waals surface area contributed by atoms with Crippen molar-refractivity contribution in [1.29, 1.82) is 0 Å². The number of benzene rings is 3. The summed E-state index contributed by atoms with van der Waals surface area (Å²) in [4.78, 5) is 0. The van der Waals surface area contributed by atoms with Gasteiger partial charge in [0.15, 0.2) is 0 Å². The third-order valence-electron chi connectivity index (χ3n) is 4.29. The maximum absolute atomic E-state index is 5.48. The van der Waals surface area contributed by atoms with Crippen LogP contribution in [0.15, 0.2) is 54.6 Å². The number of hydrogen-bond donors (Lipinski definition) is 0. The Morgan fingerprint density at radius 2 is 1.43 bits per heavy atom. The molecule has 0 saturated carbocycles. The summed E-state index contributed by atoms with van der Waals surface area (Å²) in [6.45, 7) is 4.38. The van der Waals surface area contributed by atoms with E-state index in [0.29, 0.717) is 0 Å². The van der Waals surface area contributed by atoms with E-state index in [9.17, 15) is 0 Å². The molecule has 0 radical (unpaired) electrons. The number of rotatable bonds is 3. The standard InChI is InChI=1S/C20H20O/c1-14-7-4-8-16(15(14)2)13-17-9-5-11-19-18(17)10-6-12-20(19)21-3/h4-12H,13H2,1-3H3. The van der Waals surface area contributed by atoms with E-state index in [4.69, 9.17) is 4.74 Å². The number of methoxy groups -OCH3 is 1. The Balaban J connectivity index is 2.11. The fourth-order valence-electron chi connectivity index (χ4n) is 2.89. The molecule has 0 amide bonds. The van der Waals surface area contributed by atoms with Crippen LogP contribution >= 0.6 is 0 Å². The molecule has 1 heteroatoms. The number of ether oxygens (including phenoxy) is 1. The highest BCUT2D eigenvalue weighted by atomic mass is 16.5. The largest absolute Gasteiger partial charge is 0.496 e. The summed E-state index contributed by atoms with van der Waals surface area (Å²) in [5.74, 6) is 0.940. The summed E-state index contributed by atoms with van der Waals surface area (Å²) >= 11 is 0. The lowest BCUT2D eigenvalue weighted by Gasteiger charge is -2.12. The second kappa shape index (κ2) is 5.61. The molecule has 0 spiro atoms. The van der Waals surface area contributed by atoms with Gasteiger partial charge in [0.05, 0.1) is 7.11 Å². The van der Waals surface area contributed by atoms with Crippen molar-refractivity contribution in [2.45, 2.75) is 20.3 Å². The van der Waals surface area contributed by atoms with Gasteiger partial charge >= 0.3 is 0 Å². The van der Waals surface area contributed by atoms with Crippen LogP contribution in [0.2, 0.25) is 0 Å². The van der Waals surface area contributed by atoms with E-state index in [1.165, 1.54) is 33.0 Å². The first-order valence-electron chi connectivity index (χ1n) is 7.30. The third-order valence-corrected chi connectivity index (χ3v) is 4.29. The van der Waals surface area contributed by atoms with Crippen molar-refractivity contribution in [2.24, 2.45) is 0 Å². The van der Waals surface area contributed by atoms with Gasteiger partial charge in [-0.1, -0.05) is 48.5 Å². The van der Waals surface area contributed by atoms with E-state index in [0.717, 1.165) is 12.2 Å². The lowest BCUT2D eigenvalue weighted by Crippen LogP contribution is -1.95. The molecule has 0 aliphatic carbocycles. The summed E-state index contributed by atoms with van der Waals surface area (Å²) in [7, 11) is 1.73. The number of fused-ring (bicyclic) bond motifs is 1. The first-order valence-corrected chi connectivity index (χ1v) is 7.30. The van der Waals surface area contributed by atoms with Crippen LogP contribution in [0.25, 0.3) is 10.8 Å². The highest BCUT2D eigenvalue weighted by molar-refractivity contribution is 5.91. The first-order chi connectivity index (χ1) is 10.2. The molecule has 1 nitrogen and oxygen atoms in total. The molecule has 0 bridgehead atoms. The maximum atomic E-state index is 5.48. The predicted octanol–water partition coefficient (Wildman–Crippen LogP) is 5.06. The minimum atomic E-state index is 0.940. The van der Waals surface area contributed by atoms with Crippen molar-refractivity contribution >= 4 is 10.8 Å². The third kappa shape index (κ3) is 2.52.